The third kappa shape index (κ3) is 2.29. The summed E-state index contributed by atoms with van der Waals surface area (Å²) in [4.78, 5) is 4.21. The largest absolute Gasteiger partial charge is 0.397 e. The molecule has 0 aliphatic heterocycles. The van der Waals surface area contributed by atoms with Gasteiger partial charge < -0.3 is 5.73 Å². The van der Waals surface area contributed by atoms with Crippen molar-refractivity contribution < 1.29 is 0 Å². The second-order valence-corrected chi connectivity index (χ2v) is 4.23. The first-order chi connectivity index (χ1) is 7.68. The van der Waals surface area contributed by atoms with Crippen LogP contribution in [0, 0.1) is 0 Å². The lowest BCUT2D eigenvalue weighted by molar-refractivity contribution is 1.08. The lowest BCUT2D eigenvalue weighted by Crippen LogP contribution is -1.99. The molecule has 0 fully saturated rings. The lowest BCUT2D eigenvalue weighted by atomic mass is 10.1. The van der Waals surface area contributed by atoms with Crippen molar-refractivity contribution in [2.75, 3.05) is 5.73 Å². The van der Waals surface area contributed by atoms with Crippen LogP contribution in [-0.2, 0) is 6.42 Å². The summed E-state index contributed by atoms with van der Waals surface area (Å²) in [6, 6.07) is 9.04. The highest BCUT2D eigenvalue weighted by Crippen LogP contribution is 2.27. The molecule has 0 bridgehead atoms. The average molecular weight is 253 g/mol. The summed E-state index contributed by atoms with van der Waals surface area (Å²) in [5.74, 6) is 0. The van der Waals surface area contributed by atoms with Gasteiger partial charge in [-0.05, 0) is 29.8 Å². The van der Waals surface area contributed by atoms with Gasteiger partial charge in [0.2, 0.25) is 0 Å². The number of nitrogens with zero attached hydrogens (tertiary/aromatic N) is 1. The van der Waals surface area contributed by atoms with Gasteiger partial charge in [-0.25, -0.2) is 0 Å². The van der Waals surface area contributed by atoms with Crippen LogP contribution in [0.2, 0.25) is 10.0 Å². The van der Waals surface area contributed by atoms with Crippen molar-refractivity contribution >= 4 is 28.9 Å². The highest BCUT2D eigenvalue weighted by Gasteiger charge is 2.08. The molecule has 0 unspecified atom stereocenters. The van der Waals surface area contributed by atoms with Gasteiger partial charge in [0.05, 0.1) is 11.4 Å². The minimum atomic E-state index is 0.547. The van der Waals surface area contributed by atoms with Crippen LogP contribution in [0.3, 0.4) is 0 Å². The maximum atomic E-state index is 6.08. The smallest absolute Gasteiger partial charge is 0.0677 e. The molecule has 82 valence electrons. The van der Waals surface area contributed by atoms with Crippen LogP contribution >= 0.6 is 23.2 Å². The van der Waals surface area contributed by atoms with Crippen molar-refractivity contribution in [3.8, 4) is 0 Å². The Morgan fingerprint density at radius 2 is 1.75 bits per heavy atom. The quantitative estimate of drug-likeness (QED) is 0.888. The van der Waals surface area contributed by atoms with E-state index in [2.05, 4.69) is 4.98 Å². The Hall–Kier alpha value is -1.25. The molecule has 4 heteroatoms. The molecule has 1 heterocycles. The molecular weight excluding hydrogens is 243 g/mol. The van der Waals surface area contributed by atoms with E-state index in [0.717, 1.165) is 11.3 Å². The number of hydrogen-bond donors (Lipinski definition) is 1. The number of nitrogen functional groups attached to an aromatic ring is 1. The number of hydrogen-bond acceptors (Lipinski definition) is 2. The normalized spacial score (nSPS) is 10.4. The summed E-state index contributed by atoms with van der Waals surface area (Å²) < 4.78 is 0. The maximum Gasteiger partial charge on any atom is 0.0677 e. The number of anilines is 1. The summed E-state index contributed by atoms with van der Waals surface area (Å²) in [7, 11) is 0. The Kier molecular flexibility index (Phi) is 3.32. The number of halogens is 2. The molecule has 0 aliphatic rings. The van der Waals surface area contributed by atoms with Gasteiger partial charge in [0.1, 0.15) is 0 Å². The van der Waals surface area contributed by atoms with Crippen molar-refractivity contribution in [3.05, 3.63) is 57.8 Å². The maximum absolute atomic E-state index is 6.08. The highest BCUT2D eigenvalue weighted by atomic mass is 35.5. The molecule has 0 saturated carbocycles. The fourth-order valence-electron chi connectivity index (χ4n) is 1.47. The van der Waals surface area contributed by atoms with Crippen molar-refractivity contribution in [1.29, 1.82) is 0 Å². The van der Waals surface area contributed by atoms with Crippen LogP contribution in [0.1, 0.15) is 11.3 Å². The van der Waals surface area contributed by atoms with E-state index in [-0.39, 0.29) is 0 Å². The zero-order valence-electron chi connectivity index (χ0n) is 8.45. The first-order valence-corrected chi connectivity index (χ1v) is 5.56. The van der Waals surface area contributed by atoms with Gasteiger partial charge in [-0.1, -0.05) is 29.3 Å². The van der Waals surface area contributed by atoms with Crippen LogP contribution in [0.5, 0.6) is 0 Å². The van der Waals surface area contributed by atoms with Gasteiger partial charge in [0.15, 0.2) is 0 Å². The van der Waals surface area contributed by atoms with Crippen molar-refractivity contribution in [2.45, 2.75) is 6.42 Å². The number of pyridine rings is 1. The number of aromatic nitrogens is 1. The van der Waals surface area contributed by atoms with E-state index in [1.807, 2.05) is 24.3 Å². The standard InChI is InChI=1S/C12H10Cl2N2/c13-9-3-1-4-10(14)8(9)7-12-11(15)5-2-6-16-12/h1-6H,7,15H2. The fourth-order valence-corrected chi connectivity index (χ4v) is 2.00. The van der Waals surface area contributed by atoms with E-state index in [4.69, 9.17) is 28.9 Å². The molecule has 2 nitrogen and oxygen atoms in total. The van der Waals surface area contributed by atoms with Crippen LogP contribution in [0.15, 0.2) is 36.5 Å². The van der Waals surface area contributed by atoms with E-state index in [0.29, 0.717) is 22.2 Å². The van der Waals surface area contributed by atoms with Crippen LogP contribution < -0.4 is 5.73 Å². The second kappa shape index (κ2) is 4.73. The first kappa shape index (κ1) is 11.2. The minimum Gasteiger partial charge on any atom is -0.397 e. The van der Waals surface area contributed by atoms with Crippen LogP contribution in [0.25, 0.3) is 0 Å². The molecule has 2 N–H and O–H groups in total. The lowest BCUT2D eigenvalue weighted by Gasteiger charge is -2.07. The Morgan fingerprint density at radius 3 is 2.38 bits per heavy atom. The highest BCUT2D eigenvalue weighted by molar-refractivity contribution is 6.36. The third-order valence-corrected chi connectivity index (χ3v) is 3.04. The van der Waals surface area contributed by atoms with Crippen molar-refractivity contribution in [1.82, 2.24) is 4.98 Å². The molecule has 0 saturated heterocycles. The van der Waals surface area contributed by atoms with Crippen LogP contribution in [-0.4, -0.2) is 4.98 Å². The zero-order chi connectivity index (χ0) is 11.5. The molecular formula is C12H10Cl2N2. The number of nitrogens with two attached hydrogens (primary N) is 1. The van der Waals surface area contributed by atoms with Crippen molar-refractivity contribution in [3.63, 3.8) is 0 Å². The molecule has 1 aromatic heterocycles. The molecule has 0 aliphatic carbocycles. The Balaban J connectivity index is 2.38. The SMILES string of the molecule is Nc1cccnc1Cc1c(Cl)cccc1Cl. The molecule has 1 aromatic carbocycles. The predicted octanol–water partition coefficient (Wildman–Crippen LogP) is 3.56. The molecule has 0 amide bonds. The molecule has 2 rings (SSSR count). The molecule has 0 atom stereocenters. The van der Waals surface area contributed by atoms with Crippen LogP contribution in [0.4, 0.5) is 5.69 Å². The second-order valence-electron chi connectivity index (χ2n) is 3.42. The van der Waals surface area contributed by atoms with Gasteiger partial charge in [-0.2, -0.15) is 0 Å². The van der Waals surface area contributed by atoms with Gasteiger partial charge in [-0.3, -0.25) is 4.98 Å². The van der Waals surface area contributed by atoms with Crippen molar-refractivity contribution in [2.24, 2.45) is 0 Å². The van der Waals surface area contributed by atoms with Gasteiger partial charge in [0, 0.05) is 22.7 Å². The molecule has 0 spiro atoms. The summed E-state index contributed by atoms with van der Waals surface area (Å²) in [5.41, 5.74) is 8.12. The monoisotopic (exact) mass is 252 g/mol. The molecule has 2 aromatic rings. The topological polar surface area (TPSA) is 38.9 Å². The summed E-state index contributed by atoms with van der Waals surface area (Å²) in [6.07, 6.45) is 2.25. The molecule has 0 radical (unpaired) electrons. The third-order valence-electron chi connectivity index (χ3n) is 2.33. The first-order valence-electron chi connectivity index (χ1n) is 4.80. The number of benzene rings is 1. The van der Waals surface area contributed by atoms with E-state index >= 15 is 0 Å². The minimum absolute atomic E-state index is 0.547. The average Bonchev–Trinajstić information content (AvgIpc) is 2.26. The van der Waals surface area contributed by atoms with Gasteiger partial charge >= 0.3 is 0 Å². The number of rotatable bonds is 2. The predicted molar refractivity (Wildman–Crippen MR) is 67.9 cm³/mol. The molecule has 16 heavy (non-hydrogen) atoms. The summed E-state index contributed by atoms with van der Waals surface area (Å²) in [5, 5.41) is 1.27. The summed E-state index contributed by atoms with van der Waals surface area (Å²) >= 11 is 12.2. The Labute approximate surface area is 104 Å². The fraction of sp³-hybridized carbons (Fsp3) is 0.0833. The van der Waals surface area contributed by atoms with Gasteiger partial charge in [0.25, 0.3) is 0 Å². The van der Waals surface area contributed by atoms with E-state index in [1.165, 1.54) is 0 Å². The van der Waals surface area contributed by atoms with Gasteiger partial charge in [-0.15, -0.1) is 0 Å². The van der Waals surface area contributed by atoms with E-state index < -0.39 is 0 Å². The zero-order valence-corrected chi connectivity index (χ0v) is 9.96. The summed E-state index contributed by atoms with van der Waals surface area (Å²) in [6.45, 7) is 0. The Bertz CT molecular complexity index is 492. The Morgan fingerprint density at radius 1 is 1.06 bits per heavy atom. The van der Waals surface area contributed by atoms with E-state index in [1.54, 1.807) is 12.3 Å². The van der Waals surface area contributed by atoms with E-state index in [9.17, 15) is 0 Å².